The van der Waals surface area contributed by atoms with Crippen molar-refractivity contribution in [2.45, 2.75) is 58.2 Å². The lowest BCUT2D eigenvalue weighted by atomic mass is 10.0. The van der Waals surface area contributed by atoms with E-state index in [0.717, 1.165) is 18.6 Å². The van der Waals surface area contributed by atoms with E-state index in [1.54, 1.807) is 0 Å². The molecule has 1 aliphatic carbocycles. The monoisotopic (exact) mass is 258 g/mol. The predicted molar refractivity (Wildman–Crippen MR) is 80.4 cm³/mol. The van der Waals surface area contributed by atoms with Gasteiger partial charge in [-0.3, -0.25) is 4.90 Å². The van der Waals surface area contributed by atoms with Gasteiger partial charge in [-0.15, -0.1) is 0 Å². The molecule has 0 bridgehead atoms. The minimum atomic E-state index is 0.728. The second-order valence-corrected chi connectivity index (χ2v) is 6.38. The third kappa shape index (κ3) is 3.37. The number of hydrogen-bond donors (Lipinski definition) is 1. The molecule has 0 radical (unpaired) electrons. The van der Waals surface area contributed by atoms with Crippen molar-refractivity contribution < 1.29 is 0 Å². The highest BCUT2D eigenvalue weighted by Gasteiger charge is 2.31. The molecule has 2 heteroatoms. The second-order valence-electron chi connectivity index (χ2n) is 6.38. The Balaban J connectivity index is 1.66. The summed E-state index contributed by atoms with van der Waals surface area (Å²) in [6.45, 7) is 8.01. The molecule has 0 spiro atoms. The molecular formula is C17H26N2. The molecule has 1 aromatic rings. The number of hydrogen-bond acceptors (Lipinski definition) is 2. The van der Waals surface area contributed by atoms with E-state index in [-0.39, 0.29) is 0 Å². The Morgan fingerprint density at radius 2 is 2.05 bits per heavy atom. The highest BCUT2D eigenvalue weighted by molar-refractivity contribution is 5.30. The van der Waals surface area contributed by atoms with Crippen LogP contribution in [0.25, 0.3) is 0 Å². The quantitative estimate of drug-likeness (QED) is 0.873. The molecule has 2 nitrogen and oxygen atoms in total. The molecule has 0 aromatic heterocycles. The molecule has 2 aliphatic rings. The zero-order valence-electron chi connectivity index (χ0n) is 12.3. The van der Waals surface area contributed by atoms with E-state index in [4.69, 9.17) is 0 Å². The van der Waals surface area contributed by atoms with Crippen molar-refractivity contribution in [1.82, 2.24) is 10.2 Å². The van der Waals surface area contributed by atoms with Crippen molar-refractivity contribution in [2.24, 2.45) is 0 Å². The third-order valence-corrected chi connectivity index (χ3v) is 4.55. The number of nitrogens with zero attached hydrogens (tertiary/aromatic N) is 1. The van der Waals surface area contributed by atoms with Crippen LogP contribution < -0.4 is 5.32 Å². The van der Waals surface area contributed by atoms with Gasteiger partial charge in [0.1, 0.15) is 0 Å². The SMILES string of the molecule is Cc1ccc(CN(CC2CCCN2)C2CC2)c(C)c1. The van der Waals surface area contributed by atoms with E-state index in [1.807, 2.05) is 0 Å². The fraction of sp³-hybridized carbons (Fsp3) is 0.647. The van der Waals surface area contributed by atoms with Crippen LogP contribution in [-0.4, -0.2) is 30.1 Å². The van der Waals surface area contributed by atoms with Crippen LogP contribution in [0.3, 0.4) is 0 Å². The van der Waals surface area contributed by atoms with Crippen LogP contribution in [0, 0.1) is 13.8 Å². The smallest absolute Gasteiger partial charge is 0.0239 e. The lowest BCUT2D eigenvalue weighted by molar-refractivity contribution is 0.231. The summed E-state index contributed by atoms with van der Waals surface area (Å²) in [5.41, 5.74) is 4.33. The normalized spacial score (nSPS) is 23.2. The molecule has 1 unspecified atom stereocenters. The first kappa shape index (κ1) is 13.1. The maximum atomic E-state index is 3.64. The first-order valence-corrected chi connectivity index (χ1v) is 7.76. The van der Waals surface area contributed by atoms with Crippen molar-refractivity contribution in [1.29, 1.82) is 0 Å². The van der Waals surface area contributed by atoms with Crippen LogP contribution in [0.5, 0.6) is 0 Å². The highest BCUT2D eigenvalue weighted by Crippen LogP contribution is 2.29. The molecule has 1 aromatic carbocycles. The van der Waals surface area contributed by atoms with Gasteiger partial charge in [-0.05, 0) is 57.2 Å². The molecule has 0 amide bonds. The molecule has 2 fully saturated rings. The number of rotatable bonds is 5. The van der Waals surface area contributed by atoms with Gasteiger partial charge in [0, 0.05) is 25.2 Å². The van der Waals surface area contributed by atoms with Gasteiger partial charge in [0.2, 0.25) is 0 Å². The lowest BCUT2D eigenvalue weighted by Crippen LogP contribution is -2.38. The molecule has 1 saturated carbocycles. The summed E-state index contributed by atoms with van der Waals surface area (Å²) in [4.78, 5) is 2.71. The number of nitrogens with one attached hydrogen (secondary N) is 1. The predicted octanol–water partition coefficient (Wildman–Crippen LogP) is 3.02. The van der Waals surface area contributed by atoms with Gasteiger partial charge in [0.05, 0.1) is 0 Å². The molecule has 1 heterocycles. The molecule has 1 saturated heterocycles. The maximum absolute atomic E-state index is 3.64. The molecule has 19 heavy (non-hydrogen) atoms. The Morgan fingerprint density at radius 3 is 2.68 bits per heavy atom. The van der Waals surface area contributed by atoms with E-state index in [2.05, 4.69) is 42.3 Å². The summed E-state index contributed by atoms with van der Waals surface area (Å²) >= 11 is 0. The van der Waals surface area contributed by atoms with Crippen LogP contribution in [0.2, 0.25) is 0 Å². The summed E-state index contributed by atoms with van der Waals surface area (Å²) in [5, 5.41) is 3.64. The zero-order chi connectivity index (χ0) is 13.2. The maximum Gasteiger partial charge on any atom is 0.0239 e. The van der Waals surface area contributed by atoms with Crippen molar-refractivity contribution in [3.05, 3.63) is 34.9 Å². The van der Waals surface area contributed by atoms with Crippen molar-refractivity contribution in [3.8, 4) is 0 Å². The Hall–Kier alpha value is -0.860. The fourth-order valence-corrected chi connectivity index (χ4v) is 3.22. The fourth-order valence-electron chi connectivity index (χ4n) is 3.22. The number of aryl methyl sites for hydroxylation is 2. The summed E-state index contributed by atoms with van der Waals surface area (Å²) in [6.07, 6.45) is 5.51. The summed E-state index contributed by atoms with van der Waals surface area (Å²) in [7, 11) is 0. The van der Waals surface area contributed by atoms with E-state index in [9.17, 15) is 0 Å². The van der Waals surface area contributed by atoms with E-state index >= 15 is 0 Å². The van der Waals surface area contributed by atoms with Crippen LogP contribution in [-0.2, 0) is 6.54 Å². The van der Waals surface area contributed by atoms with Gasteiger partial charge >= 0.3 is 0 Å². The molecule has 3 rings (SSSR count). The zero-order valence-corrected chi connectivity index (χ0v) is 12.3. The van der Waals surface area contributed by atoms with Crippen LogP contribution in [0.1, 0.15) is 42.4 Å². The average molecular weight is 258 g/mol. The van der Waals surface area contributed by atoms with Gasteiger partial charge in [-0.25, -0.2) is 0 Å². The lowest BCUT2D eigenvalue weighted by Gasteiger charge is -2.26. The van der Waals surface area contributed by atoms with E-state index in [0.29, 0.717) is 0 Å². The van der Waals surface area contributed by atoms with Crippen molar-refractivity contribution in [2.75, 3.05) is 13.1 Å². The molecule has 1 atom stereocenters. The Kier molecular flexibility index (Phi) is 3.90. The first-order chi connectivity index (χ1) is 9.22. The molecule has 104 valence electrons. The molecule has 1 aliphatic heterocycles. The summed E-state index contributed by atoms with van der Waals surface area (Å²) < 4.78 is 0. The largest absolute Gasteiger partial charge is 0.313 e. The van der Waals surface area contributed by atoms with Gasteiger partial charge in [-0.2, -0.15) is 0 Å². The van der Waals surface area contributed by atoms with E-state index < -0.39 is 0 Å². The van der Waals surface area contributed by atoms with Crippen LogP contribution in [0.4, 0.5) is 0 Å². The van der Waals surface area contributed by atoms with Gasteiger partial charge in [0.15, 0.2) is 0 Å². The topological polar surface area (TPSA) is 15.3 Å². The van der Waals surface area contributed by atoms with E-state index in [1.165, 1.54) is 55.5 Å². The molecule has 1 N–H and O–H groups in total. The van der Waals surface area contributed by atoms with Crippen LogP contribution in [0.15, 0.2) is 18.2 Å². The average Bonchev–Trinajstić information content (AvgIpc) is 3.10. The van der Waals surface area contributed by atoms with Gasteiger partial charge in [-0.1, -0.05) is 23.8 Å². The third-order valence-electron chi connectivity index (χ3n) is 4.55. The first-order valence-electron chi connectivity index (χ1n) is 7.76. The summed E-state index contributed by atoms with van der Waals surface area (Å²) in [6, 6.07) is 8.46. The Labute approximate surface area is 117 Å². The highest BCUT2D eigenvalue weighted by atomic mass is 15.2. The minimum Gasteiger partial charge on any atom is -0.313 e. The van der Waals surface area contributed by atoms with Crippen molar-refractivity contribution in [3.63, 3.8) is 0 Å². The number of benzene rings is 1. The molecular weight excluding hydrogens is 232 g/mol. The van der Waals surface area contributed by atoms with Crippen molar-refractivity contribution >= 4 is 0 Å². The Morgan fingerprint density at radius 1 is 1.21 bits per heavy atom. The standard InChI is InChI=1S/C17H26N2/c1-13-5-6-15(14(2)10-13)11-19(17-7-8-17)12-16-4-3-9-18-16/h5-6,10,16-18H,3-4,7-9,11-12H2,1-2H3. The minimum absolute atomic E-state index is 0.728. The van der Waals surface area contributed by atoms with Crippen LogP contribution >= 0.6 is 0 Å². The summed E-state index contributed by atoms with van der Waals surface area (Å²) in [5.74, 6) is 0. The second kappa shape index (κ2) is 5.64. The Bertz CT molecular complexity index is 431. The van der Waals surface area contributed by atoms with Gasteiger partial charge in [0.25, 0.3) is 0 Å². The van der Waals surface area contributed by atoms with Gasteiger partial charge < -0.3 is 5.32 Å².